The van der Waals surface area contributed by atoms with Crippen molar-refractivity contribution >= 4 is 11.6 Å². The molecular weight excluding hydrogens is 276 g/mol. The molecule has 0 spiro atoms. The number of rotatable bonds is 6. The number of anilines is 1. The molecule has 2 aromatic rings. The van der Waals surface area contributed by atoms with E-state index in [4.69, 9.17) is 0 Å². The van der Waals surface area contributed by atoms with Crippen molar-refractivity contribution in [3.05, 3.63) is 47.3 Å². The average Bonchev–Trinajstić information content (AvgIpc) is 2.81. The molecule has 0 fully saturated rings. The summed E-state index contributed by atoms with van der Waals surface area (Å²) in [6.07, 6.45) is 2.25. The number of hydrogen-bond donors (Lipinski definition) is 2. The van der Waals surface area contributed by atoms with Gasteiger partial charge in [-0.05, 0) is 32.4 Å². The van der Waals surface area contributed by atoms with Crippen molar-refractivity contribution < 1.29 is 4.79 Å². The maximum Gasteiger partial charge on any atom is 0.222 e. The first-order chi connectivity index (χ1) is 10.5. The molecule has 0 bridgehead atoms. The Morgan fingerprint density at radius 1 is 1.32 bits per heavy atom. The number of carbonyl (C=O) groups is 1. The zero-order chi connectivity index (χ0) is 16.1. The molecule has 2 rings (SSSR count). The van der Waals surface area contributed by atoms with E-state index in [9.17, 15) is 4.79 Å². The molecule has 0 aliphatic carbocycles. The highest BCUT2D eigenvalue weighted by atomic mass is 16.1. The number of benzene rings is 1. The number of amides is 1. The summed E-state index contributed by atoms with van der Waals surface area (Å²) in [6, 6.07) is 8.04. The molecule has 118 valence electrons. The van der Waals surface area contributed by atoms with Crippen molar-refractivity contribution in [1.29, 1.82) is 0 Å². The number of aryl methyl sites for hydroxylation is 2. The Morgan fingerprint density at radius 3 is 2.68 bits per heavy atom. The molecule has 0 aliphatic rings. The highest BCUT2D eigenvalue weighted by molar-refractivity contribution is 5.77. The maximum atomic E-state index is 12.0. The molecule has 2 N–H and O–H groups in total. The Labute approximate surface area is 131 Å². The summed E-state index contributed by atoms with van der Waals surface area (Å²) >= 11 is 0. The number of hydrogen-bond acceptors (Lipinski definition) is 3. The summed E-state index contributed by atoms with van der Waals surface area (Å²) in [6.45, 7) is 6.66. The summed E-state index contributed by atoms with van der Waals surface area (Å²) in [4.78, 5) is 12.0. The first-order valence-electron chi connectivity index (χ1n) is 7.56. The third-order valence-corrected chi connectivity index (χ3v) is 3.93. The van der Waals surface area contributed by atoms with E-state index in [0.29, 0.717) is 13.0 Å². The molecular formula is C17H24N4O. The van der Waals surface area contributed by atoms with Crippen molar-refractivity contribution in [2.75, 3.05) is 11.9 Å². The van der Waals surface area contributed by atoms with Crippen LogP contribution in [-0.4, -0.2) is 22.2 Å². The molecule has 0 saturated carbocycles. The van der Waals surface area contributed by atoms with E-state index >= 15 is 0 Å². The number of nitrogens with zero attached hydrogens (tertiary/aromatic N) is 2. The normalized spacial score (nSPS) is 12.0. The van der Waals surface area contributed by atoms with Gasteiger partial charge in [0.25, 0.3) is 0 Å². The van der Waals surface area contributed by atoms with Crippen LogP contribution in [0.3, 0.4) is 0 Å². The molecule has 1 heterocycles. The van der Waals surface area contributed by atoms with Crippen LogP contribution in [0.15, 0.2) is 30.5 Å². The quantitative estimate of drug-likeness (QED) is 0.862. The monoisotopic (exact) mass is 300 g/mol. The molecule has 1 aromatic heterocycles. The molecule has 0 aliphatic heterocycles. The topological polar surface area (TPSA) is 59.0 Å². The molecule has 0 saturated heterocycles. The minimum atomic E-state index is -0.0281. The Bertz CT molecular complexity index is 648. The van der Waals surface area contributed by atoms with E-state index in [1.807, 2.05) is 50.0 Å². The van der Waals surface area contributed by atoms with Crippen LogP contribution in [0.2, 0.25) is 0 Å². The van der Waals surface area contributed by atoms with Gasteiger partial charge in [-0.25, -0.2) is 0 Å². The zero-order valence-corrected chi connectivity index (χ0v) is 13.7. The second kappa shape index (κ2) is 7.11. The highest BCUT2D eigenvalue weighted by Crippen LogP contribution is 2.16. The van der Waals surface area contributed by atoms with Crippen LogP contribution in [0.4, 0.5) is 5.69 Å². The van der Waals surface area contributed by atoms with E-state index < -0.39 is 0 Å². The van der Waals surface area contributed by atoms with E-state index in [1.54, 1.807) is 0 Å². The van der Waals surface area contributed by atoms with Gasteiger partial charge in [-0.2, -0.15) is 5.10 Å². The molecule has 5 heteroatoms. The highest BCUT2D eigenvalue weighted by Gasteiger charge is 2.14. The fraction of sp³-hybridized carbons (Fsp3) is 0.412. The van der Waals surface area contributed by atoms with Crippen LogP contribution in [0, 0.1) is 13.8 Å². The summed E-state index contributed by atoms with van der Waals surface area (Å²) in [5.74, 6) is 0.0387. The lowest BCUT2D eigenvalue weighted by molar-refractivity contribution is -0.121. The second-order valence-electron chi connectivity index (χ2n) is 5.59. The molecule has 22 heavy (non-hydrogen) atoms. The van der Waals surface area contributed by atoms with Gasteiger partial charge in [-0.15, -0.1) is 0 Å². The molecule has 0 radical (unpaired) electrons. The fourth-order valence-electron chi connectivity index (χ4n) is 2.41. The largest absolute Gasteiger partial charge is 0.384 e. The molecule has 1 aromatic carbocycles. The van der Waals surface area contributed by atoms with Crippen LogP contribution in [0.1, 0.15) is 36.2 Å². The predicted molar refractivity (Wildman–Crippen MR) is 88.8 cm³/mol. The van der Waals surface area contributed by atoms with Crippen molar-refractivity contribution in [3.8, 4) is 0 Å². The van der Waals surface area contributed by atoms with Gasteiger partial charge in [0.15, 0.2) is 0 Å². The minimum Gasteiger partial charge on any atom is -0.384 e. The summed E-state index contributed by atoms with van der Waals surface area (Å²) in [5.41, 5.74) is 4.39. The summed E-state index contributed by atoms with van der Waals surface area (Å²) in [5, 5.41) is 10.5. The van der Waals surface area contributed by atoms with Crippen LogP contribution in [0.25, 0.3) is 0 Å². The number of aromatic nitrogens is 2. The lowest BCUT2D eigenvalue weighted by Crippen LogP contribution is -2.28. The lowest BCUT2D eigenvalue weighted by Gasteiger charge is -2.14. The van der Waals surface area contributed by atoms with E-state index in [0.717, 1.165) is 16.9 Å². The van der Waals surface area contributed by atoms with Crippen molar-refractivity contribution in [1.82, 2.24) is 15.1 Å². The first kappa shape index (κ1) is 16.1. The van der Waals surface area contributed by atoms with Crippen molar-refractivity contribution in [3.63, 3.8) is 0 Å². The Kier molecular flexibility index (Phi) is 5.20. The number of para-hydroxylation sites is 1. The van der Waals surface area contributed by atoms with Gasteiger partial charge in [-0.3, -0.25) is 9.48 Å². The molecule has 1 atom stereocenters. The van der Waals surface area contributed by atoms with Crippen molar-refractivity contribution in [2.24, 2.45) is 7.05 Å². The van der Waals surface area contributed by atoms with E-state index in [2.05, 4.69) is 28.7 Å². The maximum absolute atomic E-state index is 12.0. The van der Waals surface area contributed by atoms with Gasteiger partial charge >= 0.3 is 0 Å². The van der Waals surface area contributed by atoms with Crippen LogP contribution in [0.5, 0.6) is 0 Å². The van der Waals surface area contributed by atoms with Gasteiger partial charge in [0.1, 0.15) is 0 Å². The number of nitrogens with one attached hydrogen (secondary N) is 2. The average molecular weight is 300 g/mol. The van der Waals surface area contributed by atoms with Crippen LogP contribution < -0.4 is 10.6 Å². The SMILES string of the molecule is Cc1ccccc1NCCC(=O)NC(C)c1cnn(C)c1C. The number of carbonyl (C=O) groups excluding carboxylic acids is 1. The molecule has 5 nitrogen and oxygen atoms in total. The van der Waals surface area contributed by atoms with Gasteiger partial charge in [0.2, 0.25) is 5.91 Å². The van der Waals surface area contributed by atoms with Crippen molar-refractivity contribution in [2.45, 2.75) is 33.2 Å². The van der Waals surface area contributed by atoms with Gasteiger partial charge in [0.05, 0.1) is 12.2 Å². The lowest BCUT2D eigenvalue weighted by atomic mass is 10.1. The van der Waals surface area contributed by atoms with E-state index in [-0.39, 0.29) is 11.9 Å². The fourth-order valence-corrected chi connectivity index (χ4v) is 2.41. The van der Waals surface area contributed by atoms with E-state index in [1.165, 1.54) is 5.56 Å². The smallest absolute Gasteiger partial charge is 0.222 e. The Hall–Kier alpha value is -2.30. The first-order valence-corrected chi connectivity index (χ1v) is 7.56. The third-order valence-electron chi connectivity index (χ3n) is 3.93. The van der Waals surface area contributed by atoms with Gasteiger partial charge < -0.3 is 10.6 Å². The zero-order valence-electron chi connectivity index (χ0n) is 13.7. The summed E-state index contributed by atoms with van der Waals surface area (Å²) in [7, 11) is 1.90. The van der Waals surface area contributed by atoms with Crippen LogP contribution in [-0.2, 0) is 11.8 Å². The third kappa shape index (κ3) is 3.87. The van der Waals surface area contributed by atoms with Gasteiger partial charge in [-0.1, -0.05) is 18.2 Å². The summed E-state index contributed by atoms with van der Waals surface area (Å²) < 4.78 is 1.82. The van der Waals surface area contributed by atoms with Gasteiger partial charge in [0, 0.05) is 37.0 Å². The molecule has 1 unspecified atom stereocenters. The predicted octanol–water partition coefficient (Wildman–Crippen LogP) is 2.72. The Balaban J connectivity index is 1.81. The standard InChI is InChI=1S/C17H24N4O/c1-12-7-5-6-8-16(12)18-10-9-17(22)20-13(2)15-11-19-21(4)14(15)3/h5-8,11,13,18H,9-10H2,1-4H3,(H,20,22). The van der Waals surface area contributed by atoms with Crippen LogP contribution >= 0.6 is 0 Å². The Morgan fingerprint density at radius 2 is 2.05 bits per heavy atom. The second-order valence-corrected chi connectivity index (χ2v) is 5.59. The molecule has 1 amide bonds. The minimum absolute atomic E-state index is 0.0281.